The highest BCUT2D eigenvalue weighted by molar-refractivity contribution is 5.85. The van der Waals surface area contributed by atoms with Gasteiger partial charge in [-0.2, -0.15) is 0 Å². The lowest BCUT2D eigenvalue weighted by atomic mass is 10.0. The van der Waals surface area contributed by atoms with Gasteiger partial charge in [0.25, 0.3) is 5.91 Å². The van der Waals surface area contributed by atoms with E-state index in [1.54, 1.807) is 28.2 Å². The number of hydrazine groups is 1. The number of hydrogen-bond acceptors (Lipinski definition) is 4. The molecule has 0 aromatic heterocycles. The van der Waals surface area contributed by atoms with Crippen molar-refractivity contribution < 1.29 is 14.0 Å². The van der Waals surface area contributed by atoms with Crippen LogP contribution in [0.15, 0.2) is 67.0 Å². The van der Waals surface area contributed by atoms with Gasteiger partial charge in [-0.05, 0) is 36.1 Å². The smallest absolute Gasteiger partial charge is 0.250 e. The molecule has 2 aliphatic heterocycles. The summed E-state index contributed by atoms with van der Waals surface area (Å²) in [6, 6.07) is 15.9. The Balaban J connectivity index is 1.24. The van der Waals surface area contributed by atoms with E-state index in [-0.39, 0.29) is 36.1 Å². The molecule has 0 saturated carbocycles. The lowest BCUT2D eigenvalue weighted by molar-refractivity contribution is -0.134. The first-order valence-electron chi connectivity index (χ1n) is 10.2. The average molecular weight is 408 g/mol. The fraction of sp³-hybridized carbons (Fsp3) is 0.304. The minimum Gasteiger partial charge on any atom is -0.356 e. The van der Waals surface area contributed by atoms with Gasteiger partial charge in [0.2, 0.25) is 5.91 Å². The van der Waals surface area contributed by atoms with Crippen LogP contribution in [0.25, 0.3) is 0 Å². The fourth-order valence-corrected chi connectivity index (χ4v) is 3.84. The average Bonchev–Trinajstić information content (AvgIpc) is 3.20. The third-order valence-electron chi connectivity index (χ3n) is 5.51. The van der Waals surface area contributed by atoms with Gasteiger partial charge >= 0.3 is 0 Å². The molecule has 2 amide bonds. The quantitative estimate of drug-likeness (QED) is 0.739. The summed E-state index contributed by atoms with van der Waals surface area (Å²) in [5, 5.41) is 4.71. The second-order valence-electron chi connectivity index (χ2n) is 7.56. The number of carbonyl (C=O) groups is 2. The first-order valence-corrected chi connectivity index (χ1v) is 10.2. The number of hydrogen-bond donors (Lipinski definition) is 2. The molecule has 6 nitrogen and oxygen atoms in total. The molecule has 30 heavy (non-hydrogen) atoms. The van der Waals surface area contributed by atoms with Gasteiger partial charge in [-0.3, -0.25) is 9.59 Å². The molecule has 2 unspecified atom stereocenters. The summed E-state index contributed by atoms with van der Waals surface area (Å²) in [5.41, 5.74) is 5.40. The largest absolute Gasteiger partial charge is 0.356 e. The zero-order valence-corrected chi connectivity index (χ0v) is 16.6. The summed E-state index contributed by atoms with van der Waals surface area (Å²) in [7, 11) is 0. The molecule has 2 heterocycles. The molecule has 1 fully saturated rings. The van der Waals surface area contributed by atoms with E-state index in [0.29, 0.717) is 19.5 Å². The third-order valence-corrected chi connectivity index (χ3v) is 5.51. The first kappa shape index (κ1) is 20.1. The summed E-state index contributed by atoms with van der Waals surface area (Å²) in [6.07, 6.45) is 5.16. The molecule has 0 aliphatic carbocycles. The van der Waals surface area contributed by atoms with Crippen LogP contribution in [-0.2, 0) is 16.0 Å². The topological polar surface area (TPSA) is 64.7 Å². The van der Waals surface area contributed by atoms with Crippen LogP contribution >= 0.6 is 0 Å². The van der Waals surface area contributed by atoms with Crippen molar-refractivity contribution >= 4 is 11.8 Å². The van der Waals surface area contributed by atoms with Crippen molar-refractivity contribution in [2.24, 2.45) is 0 Å². The van der Waals surface area contributed by atoms with E-state index >= 15 is 0 Å². The van der Waals surface area contributed by atoms with Gasteiger partial charge in [0.15, 0.2) is 0 Å². The molecule has 1 saturated heterocycles. The Morgan fingerprint density at radius 1 is 1.10 bits per heavy atom. The Morgan fingerprint density at radius 2 is 1.87 bits per heavy atom. The lowest BCUT2D eigenvalue weighted by Crippen LogP contribution is -2.48. The molecular weight excluding hydrogens is 383 g/mol. The predicted molar refractivity (Wildman–Crippen MR) is 111 cm³/mol. The van der Waals surface area contributed by atoms with Crippen LogP contribution in [0.1, 0.15) is 30.0 Å². The van der Waals surface area contributed by atoms with Gasteiger partial charge in [0, 0.05) is 31.9 Å². The van der Waals surface area contributed by atoms with Gasteiger partial charge in [0.05, 0.1) is 6.04 Å². The molecule has 2 aromatic rings. The number of nitrogens with zero attached hydrogens (tertiary/aromatic N) is 2. The van der Waals surface area contributed by atoms with Crippen LogP contribution < -0.4 is 10.7 Å². The Labute approximate surface area is 175 Å². The fourth-order valence-electron chi connectivity index (χ4n) is 3.84. The van der Waals surface area contributed by atoms with Crippen molar-refractivity contribution in [2.45, 2.75) is 31.3 Å². The molecular formula is C23H25FN4O2. The number of nitrogens with one attached hydrogen (secondary N) is 2. The van der Waals surface area contributed by atoms with Crippen molar-refractivity contribution in [2.75, 3.05) is 13.1 Å². The third kappa shape index (κ3) is 4.68. The minimum atomic E-state index is -0.328. The van der Waals surface area contributed by atoms with E-state index < -0.39 is 0 Å². The van der Waals surface area contributed by atoms with Crippen molar-refractivity contribution in [1.82, 2.24) is 20.7 Å². The highest BCUT2D eigenvalue weighted by atomic mass is 19.1. The van der Waals surface area contributed by atoms with Gasteiger partial charge in [-0.15, -0.1) is 0 Å². The van der Waals surface area contributed by atoms with Gasteiger partial charge < -0.3 is 15.2 Å². The Morgan fingerprint density at radius 3 is 2.63 bits per heavy atom. The van der Waals surface area contributed by atoms with Gasteiger partial charge in [-0.1, -0.05) is 42.5 Å². The summed E-state index contributed by atoms with van der Waals surface area (Å²) in [4.78, 5) is 26.6. The Hall–Kier alpha value is -3.19. The number of benzene rings is 2. The summed E-state index contributed by atoms with van der Waals surface area (Å²) in [5.74, 6) is -0.381. The van der Waals surface area contributed by atoms with Crippen LogP contribution in [0.3, 0.4) is 0 Å². The van der Waals surface area contributed by atoms with Crippen molar-refractivity contribution in [3.05, 3.63) is 83.9 Å². The minimum absolute atomic E-state index is 0.0355. The van der Waals surface area contributed by atoms with E-state index in [4.69, 9.17) is 0 Å². The maximum Gasteiger partial charge on any atom is 0.250 e. The molecule has 4 rings (SSSR count). The number of carbonyl (C=O) groups excluding carboxylic acids is 2. The molecule has 2 atom stereocenters. The maximum absolute atomic E-state index is 13.2. The molecule has 0 radical (unpaired) electrons. The van der Waals surface area contributed by atoms with Crippen molar-refractivity contribution in [3.8, 4) is 0 Å². The van der Waals surface area contributed by atoms with E-state index in [1.165, 1.54) is 17.7 Å². The molecule has 156 valence electrons. The highest BCUT2D eigenvalue weighted by Crippen LogP contribution is 2.30. The van der Waals surface area contributed by atoms with Gasteiger partial charge in [0.1, 0.15) is 11.9 Å². The van der Waals surface area contributed by atoms with E-state index in [9.17, 15) is 14.0 Å². The molecule has 2 aliphatic rings. The molecule has 0 bridgehead atoms. The Kier molecular flexibility index (Phi) is 6.09. The SMILES string of the molecule is O=C(CCN1C=CN2NC(c3ccc(F)cc3)CC2C1=O)NCCc1ccccc1. The summed E-state index contributed by atoms with van der Waals surface area (Å²) in [6.45, 7) is 0.921. The molecule has 2 N–H and O–H groups in total. The summed E-state index contributed by atoms with van der Waals surface area (Å²) < 4.78 is 13.2. The van der Waals surface area contributed by atoms with E-state index in [1.807, 2.05) is 36.5 Å². The van der Waals surface area contributed by atoms with E-state index in [2.05, 4.69) is 10.7 Å². The number of halogens is 1. The van der Waals surface area contributed by atoms with Crippen LogP contribution in [0, 0.1) is 5.82 Å². The van der Waals surface area contributed by atoms with Gasteiger partial charge in [-0.25, -0.2) is 9.82 Å². The normalized spacial score (nSPS) is 20.4. The first-order chi connectivity index (χ1) is 14.6. The standard InChI is InChI=1S/C23H25FN4O2/c24-19-8-6-18(7-9-19)20-16-21-23(30)27(14-15-28(21)26-20)13-11-22(29)25-12-10-17-4-2-1-3-5-17/h1-9,14-15,20-21,26H,10-13,16H2,(H,25,29). The van der Waals surface area contributed by atoms with Crippen molar-refractivity contribution in [3.63, 3.8) is 0 Å². The molecule has 2 aromatic carbocycles. The Bertz CT molecular complexity index is 917. The summed E-state index contributed by atoms with van der Waals surface area (Å²) >= 11 is 0. The lowest BCUT2D eigenvalue weighted by Gasteiger charge is -2.31. The van der Waals surface area contributed by atoms with Crippen LogP contribution in [0.4, 0.5) is 4.39 Å². The zero-order valence-electron chi connectivity index (χ0n) is 16.6. The van der Waals surface area contributed by atoms with Crippen LogP contribution in [0.2, 0.25) is 0 Å². The van der Waals surface area contributed by atoms with E-state index in [0.717, 1.165) is 12.0 Å². The number of amides is 2. The highest BCUT2D eigenvalue weighted by Gasteiger charge is 2.39. The molecule has 7 heteroatoms. The molecule has 0 spiro atoms. The maximum atomic E-state index is 13.2. The van der Waals surface area contributed by atoms with Crippen LogP contribution in [0.5, 0.6) is 0 Å². The number of rotatable bonds is 7. The number of fused-ring (bicyclic) bond motifs is 1. The second-order valence-corrected chi connectivity index (χ2v) is 7.56. The zero-order chi connectivity index (χ0) is 20.9. The van der Waals surface area contributed by atoms with Crippen molar-refractivity contribution in [1.29, 1.82) is 0 Å². The van der Waals surface area contributed by atoms with Crippen LogP contribution in [-0.4, -0.2) is 40.9 Å². The predicted octanol–water partition coefficient (Wildman–Crippen LogP) is 2.51. The second kappa shape index (κ2) is 9.09. The monoisotopic (exact) mass is 408 g/mol.